The molecule has 0 aliphatic rings. The van der Waals surface area contributed by atoms with Crippen molar-refractivity contribution in [2.75, 3.05) is 6.61 Å². The van der Waals surface area contributed by atoms with Gasteiger partial charge in [0.05, 0.1) is 0 Å². The van der Waals surface area contributed by atoms with Gasteiger partial charge in [0.1, 0.15) is 6.23 Å². The van der Waals surface area contributed by atoms with Crippen molar-refractivity contribution >= 4 is 32.6 Å². The summed E-state index contributed by atoms with van der Waals surface area (Å²) in [7, 11) is 2.10. The Morgan fingerprint density at radius 3 is 2.64 bits per heavy atom. The minimum atomic E-state index is -0.686. The number of aliphatic hydroxyl groups excluding tert-OH is 2. The van der Waals surface area contributed by atoms with E-state index in [0.29, 0.717) is 13.0 Å². The molecule has 0 saturated carbocycles. The molecule has 0 radical (unpaired) electrons. The van der Waals surface area contributed by atoms with Crippen LogP contribution >= 0.6 is 0 Å². The normalized spacial score (nSPS) is 13.1. The third-order valence-electron chi connectivity index (χ3n) is 4.90. The van der Waals surface area contributed by atoms with E-state index in [9.17, 15) is 5.11 Å². The highest BCUT2D eigenvalue weighted by atomic mass is 16.3. The van der Waals surface area contributed by atoms with Crippen molar-refractivity contribution in [3.8, 4) is 0 Å². The maximum absolute atomic E-state index is 9.77. The standard InChI is InChI=1S/C21H22N2O2/c1-23-18-8-6-14(13-22-20(25)10-11-24)12-17(18)21-16-5-3-2-4-15(16)7-9-19(21)23/h2-9,12,20,22,24-25H,10-11,13H2,1H3. The molecule has 128 valence electrons. The Labute approximate surface area is 146 Å². The van der Waals surface area contributed by atoms with Crippen LogP contribution < -0.4 is 5.32 Å². The predicted octanol–water partition coefficient (Wildman–Crippen LogP) is 3.28. The number of rotatable bonds is 5. The Hall–Kier alpha value is -2.40. The van der Waals surface area contributed by atoms with E-state index in [1.54, 1.807) is 0 Å². The first-order chi connectivity index (χ1) is 12.2. The maximum atomic E-state index is 9.77. The van der Waals surface area contributed by atoms with Crippen LogP contribution in [0.5, 0.6) is 0 Å². The average molecular weight is 334 g/mol. The van der Waals surface area contributed by atoms with Crippen LogP contribution in [0.1, 0.15) is 12.0 Å². The number of nitrogens with one attached hydrogen (secondary N) is 1. The smallest absolute Gasteiger partial charge is 0.107 e. The van der Waals surface area contributed by atoms with Crippen molar-refractivity contribution in [2.24, 2.45) is 7.05 Å². The zero-order chi connectivity index (χ0) is 17.4. The zero-order valence-electron chi connectivity index (χ0n) is 14.2. The Morgan fingerprint density at radius 1 is 1.00 bits per heavy atom. The monoisotopic (exact) mass is 334 g/mol. The largest absolute Gasteiger partial charge is 0.396 e. The maximum Gasteiger partial charge on any atom is 0.107 e. The Balaban J connectivity index is 1.85. The number of aryl methyl sites for hydroxylation is 1. The molecule has 0 spiro atoms. The first-order valence-corrected chi connectivity index (χ1v) is 8.60. The molecule has 25 heavy (non-hydrogen) atoms. The number of benzene rings is 3. The molecule has 1 unspecified atom stereocenters. The molecule has 0 fully saturated rings. The molecule has 4 rings (SSSR count). The summed E-state index contributed by atoms with van der Waals surface area (Å²) in [5.74, 6) is 0. The number of nitrogens with zero attached hydrogens (tertiary/aromatic N) is 1. The molecular weight excluding hydrogens is 312 g/mol. The van der Waals surface area contributed by atoms with Gasteiger partial charge >= 0.3 is 0 Å². The average Bonchev–Trinajstić information content (AvgIpc) is 2.93. The lowest BCUT2D eigenvalue weighted by molar-refractivity contribution is 0.101. The van der Waals surface area contributed by atoms with Crippen molar-refractivity contribution < 1.29 is 10.2 Å². The number of hydrogen-bond donors (Lipinski definition) is 3. The van der Waals surface area contributed by atoms with E-state index in [0.717, 1.165) is 5.56 Å². The van der Waals surface area contributed by atoms with Crippen LogP contribution in [0.3, 0.4) is 0 Å². The zero-order valence-corrected chi connectivity index (χ0v) is 14.2. The van der Waals surface area contributed by atoms with E-state index in [1.807, 2.05) is 0 Å². The van der Waals surface area contributed by atoms with Crippen LogP contribution in [0.15, 0.2) is 54.6 Å². The fourth-order valence-corrected chi connectivity index (χ4v) is 3.60. The second kappa shape index (κ2) is 6.48. The topological polar surface area (TPSA) is 57.4 Å². The molecule has 1 heterocycles. The molecule has 4 nitrogen and oxygen atoms in total. The molecular formula is C21H22N2O2. The highest BCUT2D eigenvalue weighted by Crippen LogP contribution is 2.34. The summed E-state index contributed by atoms with van der Waals surface area (Å²) in [5, 5.41) is 26.7. The summed E-state index contributed by atoms with van der Waals surface area (Å²) in [6.07, 6.45) is -0.352. The number of fused-ring (bicyclic) bond motifs is 5. The lowest BCUT2D eigenvalue weighted by Crippen LogP contribution is -2.28. The van der Waals surface area contributed by atoms with Crippen molar-refractivity contribution in [3.05, 3.63) is 60.2 Å². The van der Waals surface area contributed by atoms with Crippen molar-refractivity contribution in [3.63, 3.8) is 0 Å². The van der Waals surface area contributed by atoms with Crippen LogP contribution in [0.2, 0.25) is 0 Å². The minimum Gasteiger partial charge on any atom is -0.396 e. The van der Waals surface area contributed by atoms with Gasteiger partial charge in [-0.2, -0.15) is 0 Å². The van der Waals surface area contributed by atoms with Gasteiger partial charge in [0.25, 0.3) is 0 Å². The first-order valence-electron chi connectivity index (χ1n) is 8.60. The van der Waals surface area contributed by atoms with Gasteiger partial charge in [-0.05, 0) is 34.5 Å². The van der Waals surface area contributed by atoms with Gasteiger partial charge in [-0.15, -0.1) is 0 Å². The van der Waals surface area contributed by atoms with Gasteiger partial charge in [0, 0.05) is 48.4 Å². The molecule has 0 amide bonds. The van der Waals surface area contributed by atoms with E-state index >= 15 is 0 Å². The molecule has 3 aromatic carbocycles. The number of hydrogen-bond acceptors (Lipinski definition) is 3. The van der Waals surface area contributed by atoms with E-state index < -0.39 is 6.23 Å². The molecule has 1 atom stereocenters. The summed E-state index contributed by atoms with van der Waals surface area (Å²) >= 11 is 0. The molecule has 1 aromatic heterocycles. The van der Waals surface area contributed by atoms with Crippen molar-refractivity contribution in [2.45, 2.75) is 19.2 Å². The van der Waals surface area contributed by atoms with Gasteiger partial charge < -0.3 is 14.8 Å². The third kappa shape index (κ3) is 2.78. The molecule has 0 aliphatic carbocycles. The summed E-state index contributed by atoms with van der Waals surface area (Å²) < 4.78 is 2.23. The van der Waals surface area contributed by atoms with Crippen molar-refractivity contribution in [1.82, 2.24) is 9.88 Å². The molecule has 4 heteroatoms. The highest BCUT2D eigenvalue weighted by molar-refractivity contribution is 6.20. The van der Waals surface area contributed by atoms with Crippen LogP contribution in [-0.4, -0.2) is 27.6 Å². The Morgan fingerprint density at radius 2 is 1.80 bits per heavy atom. The molecule has 3 N–H and O–H groups in total. The second-order valence-electron chi connectivity index (χ2n) is 6.50. The van der Waals surface area contributed by atoms with Gasteiger partial charge in [0.15, 0.2) is 0 Å². The van der Waals surface area contributed by atoms with Gasteiger partial charge in [-0.1, -0.05) is 36.4 Å². The third-order valence-corrected chi connectivity index (χ3v) is 4.90. The molecule has 0 aliphatic heterocycles. The van der Waals surface area contributed by atoms with Gasteiger partial charge in [0.2, 0.25) is 0 Å². The fourth-order valence-electron chi connectivity index (χ4n) is 3.60. The summed E-state index contributed by atoms with van der Waals surface area (Å²) in [6, 6.07) is 19.2. The van der Waals surface area contributed by atoms with E-state index in [-0.39, 0.29) is 6.61 Å². The quantitative estimate of drug-likeness (QED) is 0.491. The van der Waals surface area contributed by atoms with E-state index in [1.165, 1.54) is 32.6 Å². The van der Waals surface area contributed by atoms with Gasteiger partial charge in [-0.3, -0.25) is 5.32 Å². The second-order valence-corrected chi connectivity index (χ2v) is 6.50. The first kappa shape index (κ1) is 16.1. The number of aromatic nitrogens is 1. The van der Waals surface area contributed by atoms with Crippen molar-refractivity contribution in [1.29, 1.82) is 0 Å². The molecule has 0 bridgehead atoms. The molecule has 4 aromatic rings. The SMILES string of the molecule is Cn1c2ccc(CNC(O)CCO)cc2c2c3ccccc3ccc21. The molecule has 0 saturated heterocycles. The van der Waals surface area contributed by atoms with Crippen LogP contribution in [0.4, 0.5) is 0 Å². The van der Waals surface area contributed by atoms with E-state index in [2.05, 4.69) is 71.5 Å². The summed E-state index contributed by atoms with van der Waals surface area (Å²) in [6.45, 7) is 0.542. The van der Waals surface area contributed by atoms with Gasteiger partial charge in [-0.25, -0.2) is 0 Å². The lowest BCUT2D eigenvalue weighted by atomic mass is 10.0. The Kier molecular flexibility index (Phi) is 4.17. The minimum absolute atomic E-state index is 0.0253. The van der Waals surface area contributed by atoms with Crippen LogP contribution in [-0.2, 0) is 13.6 Å². The summed E-state index contributed by atoms with van der Waals surface area (Å²) in [4.78, 5) is 0. The predicted molar refractivity (Wildman–Crippen MR) is 102 cm³/mol. The number of aliphatic hydroxyl groups is 2. The van der Waals surface area contributed by atoms with Crippen LogP contribution in [0.25, 0.3) is 32.6 Å². The van der Waals surface area contributed by atoms with E-state index in [4.69, 9.17) is 5.11 Å². The van der Waals surface area contributed by atoms with Crippen LogP contribution in [0, 0.1) is 0 Å². The fraction of sp³-hybridized carbons (Fsp3) is 0.238. The lowest BCUT2D eigenvalue weighted by Gasteiger charge is -2.11. The summed E-state index contributed by atoms with van der Waals surface area (Å²) in [5.41, 5.74) is 3.54. The highest BCUT2D eigenvalue weighted by Gasteiger charge is 2.12. The Bertz CT molecular complexity index is 1050.